The maximum atomic E-state index is 14.4. The molecule has 29 heavy (non-hydrogen) atoms. The number of carbonyl (C=O) groups excluding carboxylic acids is 1. The Kier molecular flexibility index (Phi) is 5.94. The van der Waals surface area contributed by atoms with Gasteiger partial charge in [0.2, 0.25) is 0 Å². The molecule has 3 aliphatic rings. The number of aromatic carboxylic acids is 1. The van der Waals surface area contributed by atoms with E-state index >= 15 is 0 Å². The normalized spacial score (nSPS) is 24.2. The molecule has 0 saturated carbocycles. The van der Waals surface area contributed by atoms with E-state index in [0.29, 0.717) is 5.92 Å². The summed E-state index contributed by atoms with van der Waals surface area (Å²) in [4.78, 5) is 27.1. The summed E-state index contributed by atoms with van der Waals surface area (Å²) in [6, 6.07) is 6.75. The quantitative estimate of drug-likeness (QED) is 0.673. The molecular formula is C21H23FN2O4S. The van der Waals surface area contributed by atoms with Crippen molar-refractivity contribution in [1.82, 2.24) is 10.2 Å². The van der Waals surface area contributed by atoms with Gasteiger partial charge < -0.3 is 9.84 Å². The Balaban J connectivity index is 1.49. The number of carbonyl (C=O) groups is 2. The van der Waals surface area contributed by atoms with Gasteiger partial charge >= 0.3 is 11.9 Å². The van der Waals surface area contributed by atoms with Crippen LogP contribution in [0.25, 0.3) is 0 Å². The van der Waals surface area contributed by atoms with Gasteiger partial charge in [0.05, 0.1) is 5.56 Å². The molecule has 8 heteroatoms. The highest BCUT2D eigenvalue weighted by molar-refractivity contribution is 7.10. The SMILES string of the molecule is O=C(O)c1csc(CNC(C(=O)O[C@H]2CN3CCC2CC3)c2ccccc2F)c1. The second kappa shape index (κ2) is 8.61. The number of benzene rings is 1. The number of nitrogens with one attached hydrogen (secondary N) is 1. The molecule has 2 aromatic rings. The number of ether oxygens (including phenoxy) is 1. The lowest BCUT2D eigenvalue weighted by Crippen LogP contribution is -2.52. The third kappa shape index (κ3) is 4.49. The number of halogens is 1. The predicted molar refractivity (Wildman–Crippen MR) is 106 cm³/mol. The van der Waals surface area contributed by atoms with E-state index in [2.05, 4.69) is 10.2 Å². The maximum absolute atomic E-state index is 14.4. The molecular weight excluding hydrogens is 395 g/mol. The molecule has 1 aromatic heterocycles. The van der Waals surface area contributed by atoms with Crippen molar-refractivity contribution in [3.05, 3.63) is 57.5 Å². The van der Waals surface area contributed by atoms with E-state index in [-0.39, 0.29) is 23.8 Å². The first kappa shape index (κ1) is 20.0. The zero-order chi connectivity index (χ0) is 20.4. The minimum atomic E-state index is -1.00. The van der Waals surface area contributed by atoms with Gasteiger partial charge in [0.15, 0.2) is 0 Å². The van der Waals surface area contributed by atoms with Gasteiger partial charge in [-0.1, -0.05) is 18.2 Å². The van der Waals surface area contributed by atoms with Crippen LogP contribution in [0, 0.1) is 11.7 Å². The second-order valence-electron chi connectivity index (χ2n) is 7.56. The number of fused-ring (bicyclic) bond motifs is 3. The molecule has 154 valence electrons. The Hall–Kier alpha value is -2.29. The Morgan fingerprint density at radius 2 is 2.07 bits per heavy atom. The van der Waals surface area contributed by atoms with Crippen molar-refractivity contribution in [2.24, 2.45) is 5.92 Å². The van der Waals surface area contributed by atoms with Crippen molar-refractivity contribution >= 4 is 23.3 Å². The lowest BCUT2D eigenvalue weighted by atomic mass is 9.86. The van der Waals surface area contributed by atoms with E-state index in [4.69, 9.17) is 9.84 Å². The molecule has 3 fully saturated rings. The van der Waals surface area contributed by atoms with Gasteiger partial charge in [-0.3, -0.25) is 10.2 Å². The average molecular weight is 418 g/mol. The molecule has 6 nitrogen and oxygen atoms in total. The number of carboxylic acid groups (broad SMARTS) is 1. The first-order chi connectivity index (χ1) is 14.0. The minimum absolute atomic E-state index is 0.165. The van der Waals surface area contributed by atoms with Crippen LogP contribution < -0.4 is 5.32 Å². The smallest absolute Gasteiger partial charge is 0.336 e. The van der Waals surface area contributed by atoms with Crippen LogP contribution in [0.15, 0.2) is 35.7 Å². The lowest BCUT2D eigenvalue weighted by Gasteiger charge is -2.44. The summed E-state index contributed by atoms with van der Waals surface area (Å²) >= 11 is 1.28. The van der Waals surface area contributed by atoms with E-state index in [0.717, 1.165) is 37.4 Å². The largest absolute Gasteiger partial charge is 0.478 e. The second-order valence-corrected chi connectivity index (χ2v) is 8.55. The number of nitrogens with zero attached hydrogens (tertiary/aromatic N) is 1. The molecule has 4 heterocycles. The summed E-state index contributed by atoms with van der Waals surface area (Å²) in [6.45, 7) is 3.05. The van der Waals surface area contributed by atoms with Crippen LogP contribution in [0.4, 0.5) is 4.39 Å². The summed E-state index contributed by atoms with van der Waals surface area (Å²) in [5.74, 6) is -1.61. The van der Waals surface area contributed by atoms with Crippen molar-refractivity contribution in [2.45, 2.75) is 31.5 Å². The summed E-state index contributed by atoms with van der Waals surface area (Å²) in [5.41, 5.74) is 0.429. The van der Waals surface area contributed by atoms with E-state index in [1.165, 1.54) is 17.4 Å². The van der Waals surface area contributed by atoms with Crippen molar-refractivity contribution in [2.75, 3.05) is 19.6 Å². The van der Waals surface area contributed by atoms with Gasteiger partial charge in [-0.25, -0.2) is 14.0 Å². The van der Waals surface area contributed by atoms with E-state index in [1.54, 1.807) is 29.6 Å². The molecule has 2 atom stereocenters. The maximum Gasteiger partial charge on any atom is 0.336 e. The van der Waals surface area contributed by atoms with E-state index in [1.807, 2.05) is 0 Å². The van der Waals surface area contributed by atoms with Crippen LogP contribution in [0.1, 0.15) is 39.7 Å². The molecule has 2 bridgehead atoms. The molecule has 3 saturated heterocycles. The van der Waals surface area contributed by atoms with Crippen LogP contribution in [0.2, 0.25) is 0 Å². The summed E-state index contributed by atoms with van der Waals surface area (Å²) < 4.78 is 20.3. The highest BCUT2D eigenvalue weighted by atomic mass is 32.1. The van der Waals surface area contributed by atoms with Crippen LogP contribution in [-0.4, -0.2) is 47.7 Å². The van der Waals surface area contributed by atoms with Gasteiger partial charge in [0.1, 0.15) is 18.0 Å². The number of hydrogen-bond acceptors (Lipinski definition) is 6. The monoisotopic (exact) mass is 418 g/mol. The Labute approximate surface area is 172 Å². The topological polar surface area (TPSA) is 78.9 Å². The van der Waals surface area contributed by atoms with Crippen LogP contribution in [0.3, 0.4) is 0 Å². The van der Waals surface area contributed by atoms with Crippen molar-refractivity contribution in [1.29, 1.82) is 0 Å². The van der Waals surface area contributed by atoms with Gasteiger partial charge in [-0.15, -0.1) is 11.3 Å². The number of carboxylic acids is 1. The zero-order valence-corrected chi connectivity index (χ0v) is 16.7. The van der Waals surface area contributed by atoms with Crippen LogP contribution >= 0.6 is 11.3 Å². The van der Waals surface area contributed by atoms with Crippen LogP contribution in [-0.2, 0) is 16.1 Å². The van der Waals surface area contributed by atoms with Crippen molar-refractivity contribution in [3.8, 4) is 0 Å². The standard InChI is InChI=1S/C21H23FN2O4S/c22-17-4-2-1-3-16(17)19(23-10-15-9-14(12-29-15)20(25)26)21(27)28-18-11-24-7-5-13(18)6-8-24/h1-4,9,12-13,18-19,23H,5-8,10-11H2,(H,25,26)/t18-,19?/m0/s1. The molecule has 2 N–H and O–H groups in total. The average Bonchev–Trinajstić information content (AvgIpc) is 3.20. The third-order valence-electron chi connectivity index (χ3n) is 5.70. The van der Waals surface area contributed by atoms with E-state index < -0.39 is 23.8 Å². The predicted octanol–water partition coefficient (Wildman–Crippen LogP) is 3.05. The summed E-state index contributed by atoms with van der Waals surface area (Å²) in [6.07, 6.45) is 1.87. The first-order valence-corrected chi connectivity index (χ1v) is 10.6. The van der Waals surface area contributed by atoms with Crippen molar-refractivity contribution in [3.63, 3.8) is 0 Å². The molecule has 5 rings (SSSR count). The van der Waals surface area contributed by atoms with Gasteiger partial charge in [0.25, 0.3) is 0 Å². The van der Waals surface area contributed by atoms with E-state index in [9.17, 15) is 14.0 Å². The zero-order valence-electron chi connectivity index (χ0n) is 15.8. The highest BCUT2D eigenvalue weighted by Gasteiger charge is 2.38. The molecule has 1 unspecified atom stereocenters. The number of esters is 1. The molecule has 0 amide bonds. The molecule has 3 aliphatic heterocycles. The fourth-order valence-electron chi connectivity index (χ4n) is 4.08. The highest BCUT2D eigenvalue weighted by Crippen LogP contribution is 2.31. The fraction of sp³-hybridized carbons (Fsp3) is 0.429. The molecule has 1 aromatic carbocycles. The summed E-state index contributed by atoms with van der Waals surface area (Å²) in [7, 11) is 0. The Morgan fingerprint density at radius 3 is 2.69 bits per heavy atom. The van der Waals surface area contributed by atoms with Gasteiger partial charge in [0, 0.05) is 28.9 Å². The minimum Gasteiger partial charge on any atom is -0.478 e. The number of rotatable bonds is 7. The van der Waals surface area contributed by atoms with Gasteiger partial charge in [-0.2, -0.15) is 0 Å². The fourth-order valence-corrected chi connectivity index (χ4v) is 4.89. The Morgan fingerprint density at radius 1 is 1.31 bits per heavy atom. The number of thiophene rings is 1. The lowest BCUT2D eigenvalue weighted by molar-refractivity contribution is -0.161. The third-order valence-corrected chi connectivity index (χ3v) is 6.63. The molecule has 0 spiro atoms. The molecule has 0 aliphatic carbocycles. The van der Waals surface area contributed by atoms with Crippen LogP contribution in [0.5, 0.6) is 0 Å². The first-order valence-electron chi connectivity index (χ1n) is 9.72. The Bertz CT molecular complexity index is 894. The molecule has 0 radical (unpaired) electrons. The van der Waals surface area contributed by atoms with Gasteiger partial charge in [-0.05, 0) is 44.0 Å². The van der Waals surface area contributed by atoms with Crippen molar-refractivity contribution < 1.29 is 23.8 Å². The number of hydrogen-bond donors (Lipinski definition) is 2. The number of piperidine rings is 3. The summed E-state index contributed by atoms with van der Waals surface area (Å²) in [5, 5.41) is 13.7.